The Bertz CT molecular complexity index is 694. The normalized spacial score (nSPS) is 13.4. The summed E-state index contributed by atoms with van der Waals surface area (Å²) in [4.78, 5) is 14.1. The topological polar surface area (TPSA) is 58.0 Å². The highest BCUT2D eigenvalue weighted by Gasteiger charge is 2.39. The number of aromatic amines is 1. The molecule has 1 heterocycles. The zero-order valence-corrected chi connectivity index (χ0v) is 12.6. The summed E-state index contributed by atoms with van der Waals surface area (Å²) in [7, 11) is 0. The molecule has 0 aliphatic carbocycles. The fourth-order valence-electron chi connectivity index (χ4n) is 1.78. The molecule has 0 fully saturated rings. The lowest BCUT2D eigenvalue weighted by molar-refractivity contribution is -0.207. The fourth-order valence-corrected chi connectivity index (χ4v) is 2.52. The summed E-state index contributed by atoms with van der Waals surface area (Å²) in [6, 6.07) is 6.22. The number of rotatable bonds is 3. The van der Waals surface area contributed by atoms with E-state index in [9.17, 15) is 18.0 Å². The quantitative estimate of drug-likeness (QED) is 0.853. The molecular formula is C12H9BrClF3N2O2. The minimum atomic E-state index is -4.81. The molecule has 0 bridgehead atoms. The number of hydrogen-bond donors (Lipinski definition) is 2. The van der Waals surface area contributed by atoms with E-state index in [0.29, 0.717) is 10.6 Å². The van der Waals surface area contributed by atoms with Crippen LogP contribution in [0.4, 0.5) is 13.2 Å². The van der Waals surface area contributed by atoms with Gasteiger partial charge in [-0.05, 0) is 28.1 Å². The van der Waals surface area contributed by atoms with E-state index < -0.39 is 24.5 Å². The first-order valence-electron chi connectivity index (χ1n) is 5.69. The van der Waals surface area contributed by atoms with Gasteiger partial charge in [0.15, 0.2) is 6.10 Å². The molecule has 0 spiro atoms. The molecule has 2 N–H and O–H groups in total. The van der Waals surface area contributed by atoms with E-state index in [4.69, 9.17) is 16.7 Å². The molecule has 0 saturated carbocycles. The lowest BCUT2D eigenvalue weighted by Crippen LogP contribution is -2.36. The molecule has 0 radical (unpaired) electrons. The van der Waals surface area contributed by atoms with Crippen LogP contribution in [0.1, 0.15) is 0 Å². The number of nitrogens with zero attached hydrogens (tertiary/aromatic N) is 1. The Hall–Kier alpha value is -1.25. The third kappa shape index (κ3) is 3.50. The van der Waals surface area contributed by atoms with Crippen LogP contribution in [0, 0.1) is 0 Å². The van der Waals surface area contributed by atoms with Gasteiger partial charge in [0.2, 0.25) is 0 Å². The number of halogens is 5. The van der Waals surface area contributed by atoms with E-state index in [-0.39, 0.29) is 10.3 Å². The van der Waals surface area contributed by atoms with Crippen molar-refractivity contribution >= 4 is 27.5 Å². The van der Waals surface area contributed by atoms with Crippen molar-refractivity contribution in [1.29, 1.82) is 0 Å². The molecule has 21 heavy (non-hydrogen) atoms. The van der Waals surface area contributed by atoms with E-state index in [0.717, 1.165) is 4.57 Å². The highest BCUT2D eigenvalue weighted by Crippen LogP contribution is 2.29. The number of alkyl halides is 3. The Labute approximate surface area is 130 Å². The van der Waals surface area contributed by atoms with E-state index in [1.54, 1.807) is 24.3 Å². The number of aromatic nitrogens is 2. The Morgan fingerprint density at radius 1 is 1.33 bits per heavy atom. The number of hydrogen-bond acceptors (Lipinski definition) is 2. The second-order valence-corrected chi connectivity index (χ2v) is 5.50. The molecule has 1 atom stereocenters. The summed E-state index contributed by atoms with van der Waals surface area (Å²) in [5.41, 5.74) is -0.0610. The summed E-state index contributed by atoms with van der Waals surface area (Å²) < 4.78 is 38.4. The van der Waals surface area contributed by atoms with Gasteiger partial charge in [-0.1, -0.05) is 23.7 Å². The number of nitrogens with one attached hydrogen (secondary N) is 1. The number of H-pyrrole nitrogens is 1. The molecular weight excluding hydrogens is 376 g/mol. The van der Waals surface area contributed by atoms with Crippen LogP contribution in [0.5, 0.6) is 0 Å². The van der Waals surface area contributed by atoms with Crippen LogP contribution in [-0.4, -0.2) is 26.9 Å². The van der Waals surface area contributed by atoms with Gasteiger partial charge in [-0.25, -0.2) is 4.79 Å². The first-order chi connectivity index (χ1) is 9.70. The summed E-state index contributed by atoms with van der Waals surface area (Å²) >= 11 is 8.84. The maximum absolute atomic E-state index is 12.5. The summed E-state index contributed by atoms with van der Waals surface area (Å²) in [5, 5.41) is 9.61. The predicted octanol–water partition coefficient (Wildman–Crippen LogP) is 3.18. The second-order valence-electron chi connectivity index (χ2n) is 4.27. The smallest absolute Gasteiger partial charge is 0.382 e. The number of aliphatic hydroxyl groups excluding tert-OH is 1. The third-order valence-corrected chi connectivity index (χ3v) is 3.62. The number of aliphatic hydroxyl groups is 1. The highest BCUT2D eigenvalue weighted by atomic mass is 79.9. The van der Waals surface area contributed by atoms with Crippen LogP contribution >= 0.6 is 27.5 Å². The fraction of sp³-hybridized carbons (Fsp3) is 0.250. The molecule has 0 saturated heterocycles. The third-order valence-electron chi connectivity index (χ3n) is 2.79. The molecule has 0 unspecified atom stereocenters. The minimum Gasteiger partial charge on any atom is -0.382 e. The molecule has 0 aliphatic rings. The van der Waals surface area contributed by atoms with Crippen molar-refractivity contribution in [3.63, 3.8) is 0 Å². The Kier molecular flexibility index (Phi) is 4.50. The van der Waals surface area contributed by atoms with Gasteiger partial charge in [-0.3, -0.25) is 9.55 Å². The van der Waals surface area contributed by atoms with E-state index >= 15 is 0 Å². The van der Waals surface area contributed by atoms with Gasteiger partial charge in [-0.15, -0.1) is 0 Å². The largest absolute Gasteiger partial charge is 0.416 e. The number of benzene rings is 1. The Balaban J connectivity index is 2.47. The zero-order chi connectivity index (χ0) is 15.8. The lowest BCUT2D eigenvalue weighted by Gasteiger charge is -2.16. The molecule has 0 amide bonds. The number of imidazole rings is 1. The van der Waals surface area contributed by atoms with Crippen molar-refractivity contribution in [1.82, 2.24) is 9.55 Å². The standard InChI is InChI=1S/C12H9BrClF3N2O2/c13-10-9(6-1-3-7(14)4-2-6)19(11(21)18-10)5-8(20)12(15,16)17/h1-4,8,20H,5H2,(H,18,21)/t8-/m0/s1. The van der Waals surface area contributed by atoms with Crippen molar-refractivity contribution < 1.29 is 18.3 Å². The summed E-state index contributed by atoms with van der Waals surface area (Å²) in [5.74, 6) is 0. The summed E-state index contributed by atoms with van der Waals surface area (Å²) in [6.07, 6.45) is -7.44. The lowest BCUT2D eigenvalue weighted by atomic mass is 10.1. The van der Waals surface area contributed by atoms with Crippen molar-refractivity contribution in [2.75, 3.05) is 0 Å². The van der Waals surface area contributed by atoms with Crippen molar-refractivity contribution in [3.8, 4) is 11.3 Å². The van der Waals surface area contributed by atoms with Crippen molar-refractivity contribution in [2.24, 2.45) is 0 Å². The SMILES string of the molecule is O=c1[nH]c(Br)c(-c2ccc(Cl)cc2)n1C[C@H](O)C(F)(F)F. The molecule has 2 aromatic rings. The molecule has 2 rings (SSSR count). The average Bonchev–Trinajstić information content (AvgIpc) is 2.64. The molecule has 1 aromatic carbocycles. The maximum Gasteiger partial charge on any atom is 0.416 e. The second kappa shape index (κ2) is 5.86. The molecule has 9 heteroatoms. The predicted molar refractivity (Wildman–Crippen MR) is 75.3 cm³/mol. The molecule has 0 aliphatic heterocycles. The van der Waals surface area contributed by atoms with Gasteiger partial charge < -0.3 is 5.11 Å². The summed E-state index contributed by atoms with van der Waals surface area (Å²) in [6.45, 7) is -0.900. The minimum absolute atomic E-state index is 0.208. The van der Waals surface area contributed by atoms with Crippen molar-refractivity contribution in [2.45, 2.75) is 18.8 Å². The maximum atomic E-state index is 12.5. The van der Waals surface area contributed by atoms with Gasteiger partial charge in [-0.2, -0.15) is 13.2 Å². The van der Waals surface area contributed by atoms with Gasteiger partial charge in [0.05, 0.1) is 12.2 Å². The van der Waals surface area contributed by atoms with Crippen LogP contribution in [0.3, 0.4) is 0 Å². The van der Waals surface area contributed by atoms with Gasteiger partial charge >= 0.3 is 11.9 Å². The molecule has 114 valence electrons. The van der Waals surface area contributed by atoms with Crippen LogP contribution in [-0.2, 0) is 6.54 Å². The van der Waals surface area contributed by atoms with Gasteiger partial charge in [0, 0.05) is 10.6 Å². The molecule has 4 nitrogen and oxygen atoms in total. The average molecular weight is 386 g/mol. The van der Waals surface area contributed by atoms with Gasteiger partial charge in [0.1, 0.15) is 4.60 Å². The van der Waals surface area contributed by atoms with Crippen LogP contribution in [0.25, 0.3) is 11.3 Å². The van der Waals surface area contributed by atoms with E-state index in [2.05, 4.69) is 20.9 Å². The van der Waals surface area contributed by atoms with E-state index in [1.807, 2.05) is 0 Å². The molecule has 1 aromatic heterocycles. The van der Waals surface area contributed by atoms with Crippen LogP contribution in [0.2, 0.25) is 5.02 Å². The van der Waals surface area contributed by atoms with Gasteiger partial charge in [0.25, 0.3) is 0 Å². The first-order valence-corrected chi connectivity index (χ1v) is 6.86. The first kappa shape index (κ1) is 16.1. The zero-order valence-electron chi connectivity index (χ0n) is 10.3. The Morgan fingerprint density at radius 3 is 2.43 bits per heavy atom. The van der Waals surface area contributed by atoms with E-state index in [1.165, 1.54) is 0 Å². The van der Waals surface area contributed by atoms with Crippen LogP contribution < -0.4 is 5.69 Å². The van der Waals surface area contributed by atoms with Crippen LogP contribution in [0.15, 0.2) is 33.7 Å². The van der Waals surface area contributed by atoms with Crippen molar-refractivity contribution in [3.05, 3.63) is 44.4 Å². The highest BCUT2D eigenvalue weighted by molar-refractivity contribution is 9.10. The Morgan fingerprint density at radius 2 is 1.90 bits per heavy atom. The monoisotopic (exact) mass is 384 g/mol.